The van der Waals surface area contributed by atoms with Gasteiger partial charge in [0, 0.05) is 5.39 Å². The van der Waals surface area contributed by atoms with Crippen molar-refractivity contribution in [1.29, 1.82) is 0 Å². The van der Waals surface area contributed by atoms with Crippen molar-refractivity contribution in [3.8, 4) is 0 Å². The minimum absolute atomic E-state index is 0.286. The molecule has 2 N–H and O–H groups in total. The van der Waals surface area contributed by atoms with Gasteiger partial charge in [0.1, 0.15) is 11.8 Å². The first-order chi connectivity index (χ1) is 12.8. The molecule has 26 heavy (non-hydrogen) atoms. The van der Waals surface area contributed by atoms with Gasteiger partial charge in [-0.3, -0.25) is 0 Å². The van der Waals surface area contributed by atoms with Crippen molar-refractivity contribution < 1.29 is 9.21 Å². The molecule has 1 heterocycles. The van der Waals surface area contributed by atoms with Crippen molar-refractivity contribution in [3.05, 3.63) is 103 Å². The van der Waals surface area contributed by atoms with E-state index in [0.717, 1.165) is 22.0 Å². The maximum absolute atomic E-state index is 12.7. The van der Waals surface area contributed by atoms with Gasteiger partial charge in [0.15, 0.2) is 0 Å². The Balaban J connectivity index is 1.59. The van der Waals surface area contributed by atoms with Crippen molar-refractivity contribution in [3.63, 3.8) is 0 Å². The number of anilines is 1. The quantitative estimate of drug-likeness (QED) is 0.526. The Morgan fingerprint density at radius 3 is 2.38 bits per heavy atom. The fourth-order valence-corrected chi connectivity index (χ4v) is 3.04. The zero-order valence-electron chi connectivity index (χ0n) is 14.1. The highest BCUT2D eigenvalue weighted by Crippen LogP contribution is 2.25. The van der Waals surface area contributed by atoms with Crippen LogP contribution in [0, 0.1) is 0 Å². The molecule has 1 atom stereocenters. The van der Waals surface area contributed by atoms with Crippen molar-refractivity contribution in [2.45, 2.75) is 6.04 Å². The van der Waals surface area contributed by atoms with Crippen molar-refractivity contribution in [2.75, 3.05) is 5.32 Å². The second-order valence-electron chi connectivity index (χ2n) is 5.98. The molecular weight excluding hydrogens is 324 g/mol. The maximum atomic E-state index is 12.7. The van der Waals surface area contributed by atoms with Crippen molar-refractivity contribution in [2.24, 2.45) is 0 Å². The molecule has 0 fully saturated rings. The average Bonchev–Trinajstić information content (AvgIpc) is 3.22. The summed E-state index contributed by atoms with van der Waals surface area (Å²) in [5, 5.41) is 8.04. The number of hydrogen-bond donors (Lipinski definition) is 2. The molecule has 4 heteroatoms. The minimum Gasteiger partial charge on any atom is -0.467 e. The molecule has 1 aromatic heterocycles. The number of hydrogen-bond acceptors (Lipinski definition) is 2. The monoisotopic (exact) mass is 342 g/mol. The van der Waals surface area contributed by atoms with Gasteiger partial charge < -0.3 is 15.1 Å². The third-order valence-corrected chi connectivity index (χ3v) is 4.27. The molecule has 0 radical (unpaired) electrons. The van der Waals surface area contributed by atoms with Gasteiger partial charge in [0.2, 0.25) is 0 Å². The first-order valence-corrected chi connectivity index (χ1v) is 8.45. The summed E-state index contributed by atoms with van der Waals surface area (Å²) in [6.07, 6.45) is 1.61. The van der Waals surface area contributed by atoms with E-state index in [1.165, 1.54) is 0 Å². The predicted octanol–water partition coefficient (Wildman–Crippen LogP) is 5.34. The summed E-state index contributed by atoms with van der Waals surface area (Å²) in [5.41, 5.74) is 1.72. The Hall–Kier alpha value is -3.53. The van der Waals surface area contributed by atoms with Crippen LogP contribution < -0.4 is 10.6 Å². The number of nitrogens with one attached hydrogen (secondary N) is 2. The molecule has 3 aromatic carbocycles. The van der Waals surface area contributed by atoms with E-state index in [1.54, 1.807) is 6.26 Å². The fourth-order valence-electron chi connectivity index (χ4n) is 3.04. The second kappa shape index (κ2) is 7.15. The largest absolute Gasteiger partial charge is 0.467 e. The molecule has 4 nitrogen and oxygen atoms in total. The average molecular weight is 342 g/mol. The number of rotatable bonds is 4. The minimum atomic E-state index is -0.360. The summed E-state index contributed by atoms with van der Waals surface area (Å²) in [7, 11) is 0. The predicted molar refractivity (Wildman–Crippen MR) is 103 cm³/mol. The Labute approximate surface area is 151 Å². The summed E-state index contributed by atoms with van der Waals surface area (Å²) in [6.45, 7) is 0. The maximum Gasteiger partial charge on any atom is 0.320 e. The van der Waals surface area contributed by atoms with Gasteiger partial charge >= 0.3 is 6.03 Å². The summed E-state index contributed by atoms with van der Waals surface area (Å²) in [6, 6.07) is 26.6. The van der Waals surface area contributed by atoms with Crippen molar-refractivity contribution >= 4 is 22.5 Å². The number of furan rings is 1. The van der Waals surface area contributed by atoms with Gasteiger partial charge in [-0.15, -0.1) is 0 Å². The zero-order valence-corrected chi connectivity index (χ0v) is 14.1. The molecule has 0 saturated heterocycles. The van der Waals surface area contributed by atoms with E-state index in [2.05, 4.69) is 10.6 Å². The molecule has 128 valence electrons. The SMILES string of the molecule is O=C(Nc1cccc2ccccc12)NC(c1ccccc1)c1ccco1. The van der Waals surface area contributed by atoms with Crippen LogP contribution in [-0.4, -0.2) is 6.03 Å². The van der Waals surface area contributed by atoms with E-state index in [4.69, 9.17) is 4.42 Å². The Bertz CT molecular complexity index is 1010. The van der Waals surface area contributed by atoms with Crippen LogP contribution in [0.1, 0.15) is 17.4 Å². The smallest absolute Gasteiger partial charge is 0.320 e. The number of urea groups is 1. The van der Waals surface area contributed by atoms with Gasteiger partial charge in [-0.05, 0) is 29.1 Å². The lowest BCUT2D eigenvalue weighted by molar-refractivity contribution is 0.248. The van der Waals surface area contributed by atoms with Gasteiger partial charge in [-0.25, -0.2) is 4.79 Å². The van der Waals surface area contributed by atoms with Crippen molar-refractivity contribution in [1.82, 2.24) is 5.32 Å². The third-order valence-electron chi connectivity index (χ3n) is 4.27. The highest BCUT2D eigenvalue weighted by molar-refractivity contribution is 6.01. The van der Waals surface area contributed by atoms with Crippen LogP contribution in [0.3, 0.4) is 0 Å². The fraction of sp³-hybridized carbons (Fsp3) is 0.0455. The van der Waals surface area contributed by atoms with E-state index in [0.29, 0.717) is 5.76 Å². The normalized spacial score (nSPS) is 11.8. The lowest BCUT2D eigenvalue weighted by atomic mass is 10.0. The summed E-state index contributed by atoms with van der Waals surface area (Å²) < 4.78 is 5.53. The Morgan fingerprint density at radius 2 is 1.58 bits per heavy atom. The van der Waals surface area contributed by atoms with Gasteiger partial charge in [0.05, 0.1) is 12.0 Å². The number of amides is 2. The Kier molecular flexibility index (Phi) is 4.39. The van der Waals surface area contributed by atoms with E-state index in [9.17, 15) is 4.79 Å². The third kappa shape index (κ3) is 3.30. The molecule has 4 rings (SSSR count). The van der Waals surface area contributed by atoms with Gasteiger partial charge in [-0.2, -0.15) is 0 Å². The molecule has 0 aliphatic heterocycles. The van der Waals surface area contributed by atoms with E-state index < -0.39 is 0 Å². The Morgan fingerprint density at radius 1 is 0.808 bits per heavy atom. The lowest BCUT2D eigenvalue weighted by Crippen LogP contribution is -2.33. The standard InChI is InChI=1S/C22H18N2O2/c25-22(23-19-13-6-11-16-8-4-5-12-18(16)19)24-21(20-14-7-15-26-20)17-9-2-1-3-10-17/h1-15,21H,(H2,23,24,25). The summed E-state index contributed by atoms with van der Waals surface area (Å²) in [4.78, 5) is 12.7. The molecule has 0 aliphatic rings. The highest BCUT2D eigenvalue weighted by atomic mass is 16.3. The van der Waals surface area contributed by atoms with Gasteiger partial charge in [0.25, 0.3) is 0 Å². The van der Waals surface area contributed by atoms with Crippen LogP contribution in [0.25, 0.3) is 10.8 Å². The van der Waals surface area contributed by atoms with Crippen LogP contribution in [0.5, 0.6) is 0 Å². The summed E-state index contributed by atoms with van der Waals surface area (Å²) in [5.74, 6) is 0.685. The van der Waals surface area contributed by atoms with Crippen LogP contribution >= 0.6 is 0 Å². The van der Waals surface area contributed by atoms with E-state index in [-0.39, 0.29) is 12.1 Å². The second-order valence-corrected chi connectivity index (χ2v) is 5.98. The molecule has 0 bridgehead atoms. The zero-order chi connectivity index (χ0) is 17.8. The molecule has 2 amide bonds. The molecular formula is C22H18N2O2. The topological polar surface area (TPSA) is 54.3 Å². The highest BCUT2D eigenvalue weighted by Gasteiger charge is 2.19. The molecule has 1 unspecified atom stereocenters. The number of carbonyl (C=O) groups excluding carboxylic acids is 1. The number of benzene rings is 3. The van der Waals surface area contributed by atoms with Gasteiger partial charge in [-0.1, -0.05) is 66.7 Å². The van der Waals surface area contributed by atoms with Crippen LogP contribution in [0.4, 0.5) is 10.5 Å². The molecule has 0 saturated carbocycles. The number of carbonyl (C=O) groups is 1. The molecule has 4 aromatic rings. The van der Waals surface area contributed by atoms with Crippen LogP contribution in [0.15, 0.2) is 95.6 Å². The first-order valence-electron chi connectivity index (χ1n) is 8.45. The van der Waals surface area contributed by atoms with E-state index in [1.807, 2.05) is 84.9 Å². The van der Waals surface area contributed by atoms with E-state index >= 15 is 0 Å². The summed E-state index contributed by atoms with van der Waals surface area (Å²) >= 11 is 0. The molecule has 0 aliphatic carbocycles. The lowest BCUT2D eigenvalue weighted by Gasteiger charge is -2.18. The first kappa shape index (κ1) is 16.0. The molecule has 0 spiro atoms. The van der Waals surface area contributed by atoms with Crippen LogP contribution in [-0.2, 0) is 0 Å². The number of fused-ring (bicyclic) bond motifs is 1. The van der Waals surface area contributed by atoms with Crippen LogP contribution in [0.2, 0.25) is 0 Å².